The first-order valence-corrected chi connectivity index (χ1v) is 6.47. The smallest absolute Gasteiger partial charge is 0.337 e. The monoisotopic (exact) mass is 310 g/mol. The van der Waals surface area contributed by atoms with E-state index in [1.54, 1.807) is 30.3 Å². The Morgan fingerprint density at radius 2 is 1.85 bits per heavy atom. The van der Waals surface area contributed by atoms with E-state index in [2.05, 4.69) is 10.1 Å². The van der Waals surface area contributed by atoms with Gasteiger partial charge in [-0.1, -0.05) is 23.2 Å². The second-order valence-corrected chi connectivity index (χ2v) is 4.89. The zero-order valence-corrected chi connectivity index (χ0v) is 12.1. The SMILES string of the molecule is COC(=O)c1ccc(Nc2ccc(Cl)cc2Cl)c(N)c1. The molecule has 0 saturated carbocycles. The first-order valence-electron chi connectivity index (χ1n) is 5.71. The Morgan fingerprint density at radius 3 is 2.45 bits per heavy atom. The normalized spacial score (nSPS) is 10.2. The molecule has 0 saturated heterocycles. The molecule has 0 amide bonds. The summed E-state index contributed by atoms with van der Waals surface area (Å²) in [5, 5.41) is 4.12. The molecule has 20 heavy (non-hydrogen) atoms. The number of nitrogen functional groups attached to an aromatic ring is 1. The van der Waals surface area contributed by atoms with Crippen molar-refractivity contribution < 1.29 is 9.53 Å². The van der Waals surface area contributed by atoms with Crippen LogP contribution >= 0.6 is 23.2 Å². The fourth-order valence-electron chi connectivity index (χ4n) is 1.66. The molecule has 0 fully saturated rings. The van der Waals surface area contributed by atoms with E-state index in [0.29, 0.717) is 32.7 Å². The van der Waals surface area contributed by atoms with Crippen molar-refractivity contribution in [3.63, 3.8) is 0 Å². The summed E-state index contributed by atoms with van der Waals surface area (Å²) in [6, 6.07) is 9.94. The number of ether oxygens (including phenoxy) is 1. The molecule has 2 rings (SSSR count). The van der Waals surface area contributed by atoms with Gasteiger partial charge in [-0.3, -0.25) is 0 Å². The maximum absolute atomic E-state index is 11.4. The second kappa shape index (κ2) is 6.03. The maximum atomic E-state index is 11.4. The Bertz CT molecular complexity index is 660. The molecule has 0 radical (unpaired) electrons. The van der Waals surface area contributed by atoms with E-state index in [1.807, 2.05) is 0 Å². The van der Waals surface area contributed by atoms with E-state index < -0.39 is 5.97 Å². The third-order valence-electron chi connectivity index (χ3n) is 2.67. The number of nitrogens with one attached hydrogen (secondary N) is 1. The standard InChI is InChI=1S/C14H12Cl2N2O2/c1-20-14(19)8-2-4-13(11(17)6-8)18-12-5-3-9(15)7-10(12)16/h2-7,18H,17H2,1H3. The first-order chi connectivity index (χ1) is 9.51. The lowest BCUT2D eigenvalue weighted by molar-refractivity contribution is 0.0601. The van der Waals surface area contributed by atoms with E-state index in [9.17, 15) is 4.79 Å². The third kappa shape index (κ3) is 3.15. The molecule has 0 unspecified atom stereocenters. The molecule has 104 valence electrons. The van der Waals surface area contributed by atoms with E-state index >= 15 is 0 Å². The molecule has 0 aliphatic heterocycles. The topological polar surface area (TPSA) is 64.3 Å². The average Bonchev–Trinajstić information content (AvgIpc) is 2.42. The van der Waals surface area contributed by atoms with Gasteiger partial charge in [-0.15, -0.1) is 0 Å². The molecule has 6 heteroatoms. The number of carbonyl (C=O) groups is 1. The molecule has 0 aliphatic carbocycles. The Balaban J connectivity index is 2.28. The highest BCUT2D eigenvalue weighted by Crippen LogP contribution is 2.30. The van der Waals surface area contributed by atoms with Crippen LogP contribution in [-0.4, -0.2) is 13.1 Å². The Morgan fingerprint density at radius 1 is 1.15 bits per heavy atom. The number of methoxy groups -OCH3 is 1. The van der Waals surface area contributed by atoms with Crippen LogP contribution in [0.3, 0.4) is 0 Å². The minimum Gasteiger partial charge on any atom is -0.465 e. The lowest BCUT2D eigenvalue weighted by Crippen LogP contribution is -2.04. The predicted molar refractivity (Wildman–Crippen MR) is 81.9 cm³/mol. The number of benzene rings is 2. The molecule has 0 aliphatic rings. The number of hydrogen-bond acceptors (Lipinski definition) is 4. The third-order valence-corrected chi connectivity index (χ3v) is 3.22. The molecule has 0 bridgehead atoms. The van der Waals surface area contributed by atoms with Gasteiger partial charge in [0.25, 0.3) is 0 Å². The second-order valence-electron chi connectivity index (χ2n) is 4.04. The summed E-state index contributed by atoms with van der Waals surface area (Å²) < 4.78 is 4.63. The average molecular weight is 311 g/mol. The van der Waals surface area contributed by atoms with E-state index in [-0.39, 0.29) is 0 Å². The van der Waals surface area contributed by atoms with Crippen LogP contribution in [0.25, 0.3) is 0 Å². The Hall–Kier alpha value is -1.91. The molecular weight excluding hydrogens is 299 g/mol. The highest BCUT2D eigenvalue weighted by molar-refractivity contribution is 6.36. The van der Waals surface area contributed by atoms with Gasteiger partial charge in [0, 0.05) is 5.02 Å². The fraction of sp³-hybridized carbons (Fsp3) is 0.0714. The summed E-state index contributed by atoms with van der Waals surface area (Å²) in [6.07, 6.45) is 0. The maximum Gasteiger partial charge on any atom is 0.337 e. The molecular formula is C14H12Cl2N2O2. The molecule has 0 heterocycles. The molecule has 0 atom stereocenters. The van der Waals surface area contributed by atoms with Crippen molar-refractivity contribution >= 4 is 46.2 Å². The number of hydrogen-bond donors (Lipinski definition) is 2. The Labute approximate surface area is 126 Å². The zero-order chi connectivity index (χ0) is 14.7. The van der Waals surface area contributed by atoms with E-state index in [1.165, 1.54) is 13.2 Å². The van der Waals surface area contributed by atoms with Crippen LogP contribution in [0.5, 0.6) is 0 Å². The van der Waals surface area contributed by atoms with Gasteiger partial charge in [0.1, 0.15) is 0 Å². The quantitative estimate of drug-likeness (QED) is 0.661. The van der Waals surface area contributed by atoms with Crippen LogP contribution < -0.4 is 11.1 Å². The van der Waals surface area contributed by atoms with E-state index in [4.69, 9.17) is 28.9 Å². The number of carbonyl (C=O) groups excluding carboxylic acids is 1. The van der Waals surface area contributed by atoms with Crippen LogP contribution in [-0.2, 0) is 4.74 Å². The van der Waals surface area contributed by atoms with Crippen LogP contribution in [0, 0.1) is 0 Å². The molecule has 2 aromatic rings. The molecule has 0 aromatic heterocycles. The van der Waals surface area contributed by atoms with Crippen molar-refractivity contribution in [2.75, 3.05) is 18.2 Å². The van der Waals surface area contributed by atoms with Crippen LogP contribution in [0.4, 0.5) is 17.1 Å². The highest BCUT2D eigenvalue weighted by atomic mass is 35.5. The van der Waals surface area contributed by atoms with Gasteiger partial charge >= 0.3 is 5.97 Å². The van der Waals surface area contributed by atoms with Crippen molar-refractivity contribution in [1.29, 1.82) is 0 Å². The molecule has 0 spiro atoms. The van der Waals surface area contributed by atoms with Gasteiger partial charge in [0.05, 0.1) is 34.8 Å². The largest absolute Gasteiger partial charge is 0.465 e. The summed E-state index contributed by atoms with van der Waals surface area (Å²) in [5.41, 5.74) is 8.02. The van der Waals surface area contributed by atoms with Crippen molar-refractivity contribution in [3.05, 3.63) is 52.0 Å². The molecule has 2 aromatic carbocycles. The number of rotatable bonds is 3. The summed E-state index contributed by atoms with van der Waals surface area (Å²) in [4.78, 5) is 11.4. The van der Waals surface area contributed by atoms with Crippen molar-refractivity contribution in [3.8, 4) is 0 Å². The minimum absolute atomic E-state index is 0.387. The van der Waals surface area contributed by atoms with Crippen LogP contribution in [0.1, 0.15) is 10.4 Å². The number of halogens is 2. The van der Waals surface area contributed by atoms with E-state index in [0.717, 1.165) is 0 Å². The van der Waals surface area contributed by atoms with Crippen molar-refractivity contribution in [2.24, 2.45) is 0 Å². The van der Waals surface area contributed by atoms with Gasteiger partial charge in [-0.2, -0.15) is 0 Å². The lowest BCUT2D eigenvalue weighted by Gasteiger charge is -2.12. The van der Waals surface area contributed by atoms with Gasteiger partial charge in [-0.25, -0.2) is 4.79 Å². The zero-order valence-electron chi connectivity index (χ0n) is 10.6. The fourth-order valence-corrected chi connectivity index (χ4v) is 2.11. The summed E-state index contributed by atoms with van der Waals surface area (Å²) in [5.74, 6) is -0.437. The van der Waals surface area contributed by atoms with Crippen LogP contribution in [0.15, 0.2) is 36.4 Å². The summed E-state index contributed by atoms with van der Waals surface area (Å²) in [7, 11) is 1.32. The number of nitrogens with two attached hydrogens (primary N) is 1. The van der Waals surface area contributed by atoms with Crippen molar-refractivity contribution in [1.82, 2.24) is 0 Å². The predicted octanol–water partition coefficient (Wildman–Crippen LogP) is 4.11. The van der Waals surface area contributed by atoms with Gasteiger partial charge in [0.15, 0.2) is 0 Å². The minimum atomic E-state index is -0.437. The van der Waals surface area contributed by atoms with Gasteiger partial charge in [-0.05, 0) is 36.4 Å². The van der Waals surface area contributed by atoms with Crippen molar-refractivity contribution in [2.45, 2.75) is 0 Å². The molecule has 3 N–H and O–H groups in total. The van der Waals surface area contributed by atoms with Gasteiger partial charge in [0.2, 0.25) is 0 Å². The summed E-state index contributed by atoms with van der Waals surface area (Å²) in [6.45, 7) is 0. The number of anilines is 3. The van der Waals surface area contributed by atoms with Crippen LogP contribution in [0.2, 0.25) is 10.0 Å². The highest BCUT2D eigenvalue weighted by Gasteiger charge is 2.09. The molecule has 4 nitrogen and oxygen atoms in total. The Kier molecular flexibility index (Phi) is 4.37. The number of esters is 1. The lowest BCUT2D eigenvalue weighted by atomic mass is 10.1. The summed E-state index contributed by atoms with van der Waals surface area (Å²) >= 11 is 11.9. The van der Waals surface area contributed by atoms with Gasteiger partial charge < -0.3 is 15.8 Å². The first kappa shape index (κ1) is 14.5.